The SMILES string of the molecule is C=CCNCC(=O)OCCN(C)C. The van der Waals surface area contributed by atoms with Crippen LogP contribution >= 0.6 is 0 Å². The molecule has 0 heterocycles. The van der Waals surface area contributed by atoms with Crippen molar-refractivity contribution in [2.24, 2.45) is 0 Å². The van der Waals surface area contributed by atoms with Gasteiger partial charge >= 0.3 is 5.97 Å². The van der Waals surface area contributed by atoms with Crippen LogP contribution in [0.15, 0.2) is 12.7 Å². The highest BCUT2D eigenvalue weighted by molar-refractivity contribution is 5.71. The molecule has 0 aromatic heterocycles. The Kier molecular flexibility index (Phi) is 7.24. The molecule has 0 spiro atoms. The Bertz CT molecular complexity index is 158. The zero-order valence-corrected chi connectivity index (χ0v) is 8.38. The molecule has 13 heavy (non-hydrogen) atoms. The van der Waals surface area contributed by atoms with Gasteiger partial charge in [0.2, 0.25) is 0 Å². The molecule has 0 unspecified atom stereocenters. The molecule has 0 aliphatic carbocycles. The Morgan fingerprint density at radius 2 is 2.31 bits per heavy atom. The van der Waals surface area contributed by atoms with E-state index in [1.165, 1.54) is 0 Å². The lowest BCUT2D eigenvalue weighted by molar-refractivity contribution is -0.142. The van der Waals surface area contributed by atoms with Gasteiger partial charge in [-0.25, -0.2) is 0 Å². The molecule has 0 saturated heterocycles. The van der Waals surface area contributed by atoms with Crippen LogP contribution in [0.1, 0.15) is 0 Å². The third kappa shape index (κ3) is 9.04. The van der Waals surface area contributed by atoms with Gasteiger partial charge in [0.1, 0.15) is 6.61 Å². The minimum atomic E-state index is -0.219. The van der Waals surface area contributed by atoms with Crippen LogP contribution in [0.5, 0.6) is 0 Å². The lowest BCUT2D eigenvalue weighted by Gasteiger charge is -2.09. The predicted molar refractivity (Wildman–Crippen MR) is 52.6 cm³/mol. The highest BCUT2D eigenvalue weighted by Gasteiger charge is 2.00. The molecule has 4 nitrogen and oxygen atoms in total. The van der Waals surface area contributed by atoms with Crippen LogP contribution in [-0.4, -0.2) is 51.2 Å². The van der Waals surface area contributed by atoms with Gasteiger partial charge < -0.3 is 15.0 Å². The van der Waals surface area contributed by atoms with Crippen molar-refractivity contribution in [3.63, 3.8) is 0 Å². The van der Waals surface area contributed by atoms with E-state index in [0.717, 1.165) is 6.54 Å². The van der Waals surface area contributed by atoms with Crippen LogP contribution < -0.4 is 5.32 Å². The maximum Gasteiger partial charge on any atom is 0.319 e. The van der Waals surface area contributed by atoms with Crippen LogP contribution in [0.25, 0.3) is 0 Å². The molecule has 0 aromatic carbocycles. The lowest BCUT2D eigenvalue weighted by Crippen LogP contribution is -2.27. The highest BCUT2D eigenvalue weighted by Crippen LogP contribution is 1.79. The molecule has 0 amide bonds. The molecule has 0 aliphatic heterocycles. The van der Waals surface area contributed by atoms with E-state index >= 15 is 0 Å². The van der Waals surface area contributed by atoms with Crippen molar-refractivity contribution in [2.75, 3.05) is 40.3 Å². The standard InChI is InChI=1S/C9H18N2O2/c1-4-5-10-8-9(12)13-7-6-11(2)3/h4,10H,1,5-8H2,2-3H3. The number of esters is 1. The number of likely N-dealkylation sites (N-methyl/N-ethyl adjacent to an activating group) is 1. The largest absolute Gasteiger partial charge is 0.463 e. The third-order valence-electron chi connectivity index (χ3n) is 1.36. The van der Waals surface area contributed by atoms with Gasteiger partial charge in [0.25, 0.3) is 0 Å². The van der Waals surface area contributed by atoms with Gasteiger partial charge in [-0.3, -0.25) is 4.79 Å². The molecular formula is C9H18N2O2. The van der Waals surface area contributed by atoms with Crippen molar-refractivity contribution >= 4 is 5.97 Å². The number of carbonyl (C=O) groups is 1. The summed E-state index contributed by atoms with van der Waals surface area (Å²) in [6.07, 6.45) is 1.70. The molecule has 0 saturated carbocycles. The van der Waals surface area contributed by atoms with E-state index in [1.807, 2.05) is 19.0 Å². The van der Waals surface area contributed by atoms with Crippen molar-refractivity contribution in [3.05, 3.63) is 12.7 Å². The summed E-state index contributed by atoms with van der Waals surface area (Å²) in [6.45, 7) is 5.60. The van der Waals surface area contributed by atoms with Gasteiger partial charge in [-0.05, 0) is 14.1 Å². The smallest absolute Gasteiger partial charge is 0.319 e. The zero-order valence-electron chi connectivity index (χ0n) is 8.38. The first kappa shape index (κ1) is 12.1. The summed E-state index contributed by atoms with van der Waals surface area (Å²) < 4.78 is 4.92. The molecule has 0 rings (SSSR count). The maximum atomic E-state index is 11.0. The quantitative estimate of drug-likeness (QED) is 0.341. The number of carbonyl (C=O) groups excluding carboxylic acids is 1. The number of hydrogen-bond acceptors (Lipinski definition) is 4. The topological polar surface area (TPSA) is 41.6 Å². The summed E-state index contributed by atoms with van der Waals surface area (Å²) in [6, 6.07) is 0. The second-order valence-corrected chi connectivity index (χ2v) is 2.94. The van der Waals surface area contributed by atoms with Gasteiger partial charge in [0.15, 0.2) is 0 Å². The molecule has 0 radical (unpaired) electrons. The van der Waals surface area contributed by atoms with Crippen molar-refractivity contribution in [2.45, 2.75) is 0 Å². The summed E-state index contributed by atoms with van der Waals surface area (Å²) in [5.41, 5.74) is 0. The van der Waals surface area contributed by atoms with Gasteiger partial charge in [-0.1, -0.05) is 6.08 Å². The zero-order chi connectivity index (χ0) is 10.1. The average Bonchev–Trinajstić information content (AvgIpc) is 2.04. The van der Waals surface area contributed by atoms with Crippen molar-refractivity contribution in [1.29, 1.82) is 0 Å². The number of ether oxygens (including phenoxy) is 1. The molecule has 0 bridgehead atoms. The van der Waals surface area contributed by atoms with Crippen molar-refractivity contribution in [1.82, 2.24) is 10.2 Å². The molecule has 0 atom stereocenters. The Hall–Kier alpha value is -0.870. The third-order valence-corrected chi connectivity index (χ3v) is 1.36. The fraction of sp³-hybridized carbons (Fsp3) is 0.667. The lowest BCUT2D eigenvalue weighted by atomic mass is 10.5. The van der Waals surface area contributed by atoms with Crippen LogP contribution in [0, 0.1) is 0 Å². The Morgan fingerprint density at radius 1 is 1.62 bits per heavy atom. The van der Waals surface area contributed by atoms with Gasteiger partial charge in [0, 0.05) is 13.1 Å². The van der Waals surface area contributed by atoms with E-state index in [4.69, 9.17) is 4.74 Å². The first-order chi connectivity index (χ1) is 6.16. The van der Waals surface area contributed by atoms with Crippen LogP contribution in [-0.2, 0) is 9.53 Å². The number of nitrogens with zero attached hydrogens (tertiary/aromatic N) is 1. The van der Waals surface area contributed by atoms with E-state index in [1.54, 1.807) is 6.08 Å². The fourth-order valence-corrected chi connectivity index (χ4v) is 0.669. The fourth-order valence-electron chi connectivity index (χ4n) is 0.669. The first-order valence-electron chi connectivity index (χ1n) is 4.28. The summed E-state index contributed by atoms with van der Waals surface area (Å²) in [4.78, 5) is 12.9. The number of nitrogens with one attached hydrogen (secondary N) is 1. The van der Waals surface area contributed by atoms with E-state index < -0.39 is 0 Å². The second kappa shape index (κ2) is 7.76. The minimum Gasteiger partial charge on any atom is -0.463 e. The van der Waals surface area contributed by atoms with Crippen LogP contribution in [0.4, 0.5) is 0 Å². The molecule has 0 fully saturated rings. The molecule has 0 aliphatic rings. The molecule has 76 valence electrons. The number of hydrogen-bond donors (Lipinski definition) is 1. The van der Waals surface area contributed by atoms with Crippen molar-refractivity contribution < 1.29 is 9.53 Å². The van der Waals surface area contributed by atoms with E-state index in [2.05, 4.69) is 11.9 Å². The molecule has 4 heteroatoms. The first-order valence-corrected chi connectivity index (χ1v) is 4.28. The van der Waals surface area contributed by atoms with Crippen molar-refractivity contribution in [3.8, 4) is 0 Å². The minimum absolute atomic E-state index is 0.219. The highest BCUT2D eigenvalue weighted by atomic mass is 16.5. The maximum absolute atomic E-state index is 11.0. The van der Waals surface area contributed by atoms with E-state index in [-0.39, 0.29) is 12.5 Å². The Labute approximate surface area is 79.6 Å². The Morgan fingerprint density at radius 3 is 2.85 bits per heavy atom. The van der Waals surface area contributed by atoms with E-state index in [0.29, 0.717) is 13.2 Å². The second-order valence-electron chi connectivity index (χ2n) is 2.94. The Balaban J connectivity index is 3.25. The van der Waals surface area contributed by atoms with Gasteiger partial charge in [-0.2, -0.15) is 0 Å². The van der Waals surface area contributed by atoms with E-state index in [9.17, 15) is 4.79 Å². The molecular weight excluding hydrogens is 168 g/mol. The van der Waals surface area contributed by atoms with Crippen LogP contribution in [0.2, 0.25) is 0 Å². The predicted octanol–water partition coefficient (Wildman–Crippen LogP) is -0.133. The average molecular weight is 186 g/mol. The number of rotatable bonds is 7. The summed E-state index contributed by atoms with van der Waals surface area (Å²) in [5.74, 6) is -0.219. The monoisotopic (exact) mass is 186 g/mol. The summed E-state index contributed by atoms with van der Waals surface area (Å²) in [5, 5.41) is 2.87. The summed E-state index contributed by atoms with van der Waals surface area (Å²) in [7, 11) is 3.87. The summed E-state index contributed by atoms with van der Waals surface area (Å²) >= 11 is 0. The molecule has 1 N–H and O–H groups in total. The van der Waals surface area contributed by atoms with Gasteiger partial charge in [-0.15, -0.1) is 6.58 Å². The van der Waals surface area contributed by atoms with Gasteiger partial charge in [0.05, 0.1) is 6.54 Å². The van der Waals surface area contributed by atoms with Crippen LogP contribution in [0.3, 0.4) is 0 Å². The molecule has 0 aromatic rings. The normalized spacial score (nSPS) is 10.1.